The van der Waals surface area contributed by atoms with Crippen molar-refractivity contribution in [2.75, 3.05) is 11.9 Å². The molecule has 1 aromatic heterocycles. The number of nitrogens with zero attached hydrogens (tertiary/aromatic N) is 2. The Morgan fingerprint density at radius 1 is 1.30 bits per heavy atom. The van der Waals surface area contributed by atoms with Crippen molar-refractivity contribution in [2.24, 2.45) is 0 Å². The monoisotopic (exact) mass is 310 g/mol. The third-order valence-corrected chi connectivity index (χ3v) is 4.51. The van der Waals surface area contributed by atoms with E-state index in [1.807, 2.05) is 31.3 Å². The molecular weight excluding hydrogens is 292 g/mol. The van der Waals surface area contributed by atoms with E-state index in [2.05, 4.69) is 16.8 Å². The zero-order chi connectivity index (χ0) is 14.5. The normalized spacial score (nSPS) is 10.8. The second-order valence-electron chi connectivity index (χ2n) is 4.76. The standard InChI is InChI=1S/C15H19ClN2OS/c1-3-4-13-14(10-19)20-15(17-13)18(2)9-11-5-7-12(16)8-6-11/h5-8,19H,3-4,9-10H2,1-2H3. The maximum absolute atomic E-state index is 9.40. The van der Waals surface area contributed by atoms with Crippen LogP contribution in [-0.2, 0) is 19.6 Å². The van der Waals surface area contributed by atoms with E-state index < -0.39 is 0 Å². The molecule has 0 atom stereocenters. The summed E-state index contributed by atoms with van der Waals surface area (Å²) < 4.78 is 0. The summed E-state index contributed by atoms with van der Waals surface area (Å²) in [5.41, 5.74) is 2.22. The third-order valence-electron chi connectivity index (χ3n) is 3.06. The number of hydrogen-bond donors (Lipinski definition) is 1. The fourth-order valence-electron chi connectivity index (χ4n) is 2.02. The average molecular weight is 311 g/mol. The summed E-state index contributed by atoms with van der Waals surface area (Å²) in [5, 5.41) is 11.1. The van der Waals surface area contributed by atoms with Crippen LogP contribution in [0.5, 0.6) is 0 Å². The Bertz CT molecular complexity index is 554. The van der Waals surface area contributed by atoms with Crippen LogP contribution >= 0.6 is 22.9 Å². The van der Waals surface area contributed by atoms with Crippen LogP contribution in [0.15, 0.2) is 24.3 Å². The number of aliphatic hydroxyl groups excluding tert-OH is 1. The van der Waals surface area contributed by atoms with Crippen molar-refractivity contribution in [3.8, 4) is 0 Å². The third kappa shape index (κ3) is 3.72. The minimum absolute atomic E-state index is 0.0712. The predicted molar refractivity (Wildman–Crippen MR) is 85.6 cm³/mol. The number of thiazole rings is 1. The van der Waals surface area contributed by atoms with Gasteiger partial charge >= 0.3 is 0 Å². The predicted octanol–water partition coefficient (Wildman–Crippen LogP) is 3.88. The van der Waals surface area contributed by atoms with Crippen LogP contribution in [0.1, 0.15) is 29.5 Å². The Morgan fingerprint density at radius 3 is 2.60 bits per heavy atom. The maximum Gasteiger partial charge on any atom is 0.185 e. The van der Waals surface area contributed by atoms with Gasteiger partial charge < -0.3 is 10.0 Å². The van der Waals surface area contributed by atoms with Gasteiger partial charge in [0, 0.05) is 18.6 Å². The number of anilines is 1. The molecule has 0 fully saturated rings. The van der Waals surface area contributed by atoms with Crippen LogP contribution in [0.4, 0.5) is 5.13 Å². The smallest absolute Gasteiger partial charge is 0.185 e. The highest BCUT2D eigenvalue weighted by molar-refractivity contribution is 7.15. The Hall–Kier alpha value is -1.10. The summed E-state index contributed by atoms with van der Waals surface area (Å²) in [6, 6.07) is 7.83. The molecule has 108 valence electrons. The molecule has 1 heterocycles. The second kappa shape index (κ2) is 7.07. The minimum Gasteiger partial charge on any atom is -0.391 e. The van der Waals surface area contributed by atoms with Gasteiger partial charge in [0.05, 0.1) is 17.2 Å². The topological polar surface area (TPSA) is 36.4 Å². The van der Waals surface area contributed by atoms with E-state index in [4.69, 9.17) is 11.6 Å². The quantitative estimate of drug-likeness (QED) is 0.879. The van der Waals surface area contributed by atoms with Crippen molar-refractivity contribution in [1.29, 1.82) is 0 Å². The maximum atomic E-state index is 9.40. The summed E-state index contributed by atoms with van der Waals surface area (Å²) in [5.74, 6) is 0. The van der Waals surface area contributed by atoms with Gasteiger partial charge in [0.25, 0.3) is 0 Å². The van der Waals surface area contributed by atoms with E-state index in [-0.39, 0.29) is 6.61 Å². The molecule has 2 aromatic rings. The highest BCUT2D eigenvalue weighted by Gasteiger charge is 2.13. The molecular formula is C15H19ClN2OS. The molecule has 3 nitrogen and oxygen atoms in total. The summed E-state index contributed by atoms with van der Waals surface area (Å²) in [7, 11) is 2.02. The Labute approximate surface area is 128 Å². The Balaban J connectivity index is 2.12. The summed E-state index contributed by atoms with van der Waals surface area (Å²) in [6.07, 6.45) is 1.96. The summed E-state index contributed by atoms with van der Waals surface area (Å²) in [4.78, 5) is 7.72. The van der Waals surface area contributed by atoms with Gasteiger partial charge in [-0.15, -0.1) is 0 Å². The highest BCUT2D eigenvalue weighted by Crippen LogP contribution is 2.27. The number of halogens is 1. The van der Waals surface area contributed by atoms with Crippen LogP contribution in [0, 0.1) is 0 Å². The number of rotatable bonds is 6. The van der Waals surface area contributed by atoms with Crippen LogP contribution in [0.2, 0.25) is 5.02 Å². The van der Waals surface area contributed by atoms with Crippen LogP contribution in [-0.4, -0.2) is 17.1 Å². The average Bonchev–Trinajstić information content (AvgIpc) is 2.85. The van der Waals surface area contributed by atoms with Gasteiger partial charge in [-0.25, -0.2) is 4.98 Å². The first-order valence-corrected chi connectivity index (χ1v) is 7.88. The fourth-order valence-corrected chi connectivity index (χ4v) is 3.07. The van der Waals surface area contributed by atoms with Crippen molar-refractivity contribution in [3.05, 3.63) is 45.4 Å². The number of aliphatic hydroxyl groups is 1. The van der Waals surface area contributed by atoms with Gasteiger partial charge in [0.2, 0.25) is 0 Å². The van der Waals surface area contributed by atoms with Gasteiger partial charge in [0.1, 0.15) is 0 Å². The number of aromatic nitrogens is 1. The molecule has 1 aromatic carbocycles. The van der Waals surface area contributed by atoms with Crippen molar-refractivity contribution in [3.63, 3.8) is 0 Å². The first-order chi connectivity index (χ1) is 9.63. The lowest BCUT2D eigenvalue weighted by atomic mass is 10.2. The number of benzene rings is 1. The largest absolute Gasteiger partial charge is 0.391 e. The molecule has 0 aliphatic carbocycles. The molecule has 0 saturated carbocycles. The number of aryl methyl sites for hydroxylation is 1. The Morgan fingerprint density at radius 2 is 2.00 bits per heavy atom. The summed E-state index contributed by atoms with van der Waals surface area (Å²) >= 11 is 7.46. The molecule has 0 bridgehead atoms. The van der Waals surface area contributed by atoms with Gasteiger partial charge in [-0.3, -0.25) is 0 Å². The molecule has 20 heavy (non-hydrogen) atoms. The zero-order valence-corrected chi connectivity index (χ0v) is 13.3. The molecule has 0 spiro atoms. The second-order valence-corrected chi connectivity index (χ2v) is 6.26. The van der Waals surface area contributed by atoms with E-state index in [0.717, 1.165) is 40.1 Å². The van der Waals surface area contributed by atoms with Crippen molar-refractivity contribution in [1.82, 2.24) is 4.98 Å². The van der Waals surface area contributed by atoms with Crippen LogP contribution < -0.4 is 4.90 Å². The zero-order valence-electron chi connectivity index (χ0n) is 11.8. The van der Waals surface area contributed by atoms with Gasteiger partial charge in [-0.05, 0) is 24.1 Å². The Kier molecular flexibility index (Phi) is 5.40. The highest BCUT2D eigenvalue weighted by atomic mass is 35.5. The van der Waals surface area contributed by atoms with Crippen molar-refractivity contribution < 1.29 is 5.11 Å². The lowest BCUT2D eigenvalue weighted by Crippen LogP contribution is -2.16. The number of hydrogen-bond acceptors (Lipinski definition) is 4. The van der Waals surface area contributed by atoms with E-state index in [1.165, 1.54) is 5.56 Å². The van der Waals surface area contributed by atoms with E-state index in [9.17, 15) is 5.11 Å². The van der Waals surface area contributed by atoms with E-state index in [1.54, 1.807) is 11.3 Å². The first kappa shape index (κ1) is 15.3. The molecule has 0 unspecified atom stereocenters. The summed E-state index contributed by atoms with van der Waals surface area (Å²) in [6.45, 7) is 2.97. The van der Waals surface area contributed by atoms with Crippen molar-refractivity contribution >= 4 is 28.1 Å². The molecule has 0 aliphatic rings. The molecule has 0 saturated heterocycles. The SMILES string of the molecule is CCCc1nc(N(C)Cc2ccc(Cl)cc2)sc1CO. The van der Waals surface area contributed by atoms with Crippen LogP contribution in [0.25, 0.3) is 0 Å². The van der Waals surface area contributed by atoms with Crippen molar-refractivity contribution in [2.45, 2.75) is 32.9 Å². The lowest BCUT2D eigenvalue weighted by Gasteiger charge is -2.15. The van der Waals surface area contributed by atoms with E-state index >= 15 is 0 Å². The first-order valence-electron chi connectivity index (χ1n) is 6.69. The molecule has 1 N–H and O–H groups in total. The van der Waals surface area contributed by atoms with Gasteiger partial charge in [-0.2, -0.15) is 0 Å². The lowest BCUT2D eigenvalue weighted by molar-refractivity contribution is 0.284. The van der Waals surface area contributed by atoms with Gasteiger partial charge in [0.15, 0.2) is 5.13 Å². The van der Waals surface area contributed by atoms with Crippen LogP contribution in [0.3, 0.4) is 0 Å². The minimum atomic E-state index is 0.0712. The molecule has 0 radical (unpaired) electrons. The molecule has 2 rings (SSSR count). The molecule has 5 heteroatoms. The molecule has 0 amide bonds. The fraction of sp³-hybridized carbons (Fsp3) is 0.400. The van der Waals surface area contributed by atoms with Gasteiger partial charge in [-0.1, -0.05) is 48.4 Å². The molecule has 0 aliphatic heterocycles. The van der Waals surface area contributed by atoms with E-state index in [0.29, 0.717) is 0 Å².